The van der Waals surface area contributed by atoms with Gasteiger partial charge in [0, 0.05) is 5.56 Å². The lowest BCUT2D eigenvalue weighted by Crippen LogP contribution is -2.44. The van der Waals surface area contributed by atoms with Gasteiger partial charge in [0.2, 0.25) is 0 Å². The summed E-state index contributed by atoms with van der Waals surface area (Å²) in [5.74, 6) is -0.550. The van der Waals surface area contributed by atoms with Crippen LogP contribution in [0.2, 0.25) is 0 Å². The minimum Gasteiger partial charge on any atom is -0.319 e. The largest absolute Gasteiger partial charge is 0.325 e. The predicted octanol–water partition coefficient (Wildman–Crippen LogP) is 4.61. The van der Waals surface area contributed by atoms with Crippen molar-refractivity contribution in [3.8, 4) is 11.1 Å². The molecule has 6 rings (SSSR count). The van der Waals surface area contributed by atoms with Gasteiger partial charge in [0.05, 0.1) is 6.54 Å². The number of nitrogens with zero attached hydrogens (tertiary/aromatic N) is 1. The maximum absolute atomic E-state index is 13.6. The van der Waals surface area contributed by atoms with Crippen molar-refractivity contribution in [2.75, 3.05) is 6.54 Å². The van der Waals surface area contributed by atoms with Crippen LogP contribution < -0.4 is 5.32 Å². The molecule has 1 saturated heterocycles. The summed E-state index contributed by atoms with van der Waals surface area (Å²) in [6.07, 6.45) is 4.10. The fourth-order valence-electron chi connectivity index (χ4n) is 5.65. The van der Waals surface area contributed by atoms with Crippen LogP contribution in [0.4, 0.5) is 4.79 Å². The van der Waals surface area contributed by atoms with Gasteiger partial charge in [-0.3, -0.25) is 14.5 Å². The number of ketones is 1. The third-order valence-corrected chi connectivity index (χ3v) is 7.32. The summed E-state index contributed by atoms with van der Waals surface area (Å²) in [6, 6.07) is 21.2. The second-order valence-electron chi connectivity index (χ2n) is 9.22. The maximum atomic E-state index is 13.6. The lowest BCUT2D eigenvalue weighted by molar-refractivity contribution is -0.131. The highest BCUT2D eigenvalue weighted by atomic mass is 16.2. The highest BCUT2D eigenvalue weighted by Crippen LogP contribution is 2.40. The van der Waals surface area contributed by atoms with E-state index in [9.17, 15) is 14.4 Å². The number of fused-ring (bicyclic) bond motifs is 5. The molecule has 0 saturated carbocycles. The normalized spacial score (nSPS) is 20.8. The Morgan fingerprint density at radius 2 is 1.64 bits per heavy atom. The molecule has 5 nitrogen and oxygen atoms in total. The van der Waals surface area contributed by atoms with Gasteiger partial charge in [-0.15, -0.1) is 0 Å². The first-order valence-electron chi connectivity index (χ1n) is 11.5. The molecule has 3 amide bonds. The highest BCUT2D eigenvalue weighted by Gasteiger charge is 2.53. The molecule has 0 bridgehead atoms. The molecule has 2 aliphatic carbocycles. The van der Waals surface area contributed by atoms with Crippen LogP contribution in [0.15, 0.2) is 66.7 Å². The molecule has 0 aromatic heterocycles. The van der Waals surface area contributed by atoms with E-state index >= 15 is 0 Å². The molecule has 1 aliphatic heterocycles. The molecule has 164 valence electrons. The molecule has 0 radical (unpaired) electrons. The zero-order chi connectivity index (χ0) is 22.6. The molecule has 33 heavy (non-hydrogen) atoms. The van der Waals surface area contributed by atoms with Crippen LogP contribution in [0.25, 0.3) is 11.1 Å². The average molecular weight is 437 g/mol. The Morgan fingerprint density at radius 1 is 0.879 bits per heavy atom. The summed E-state index contributed by atoms with van der Waals surface area (Å²) < 4.78 is 0. The van der Waals surface area contributed by atoms with Gasteiger partial charge in [-0.1, -0.05) is 60.7 Å². The van der Waals surface area contributed by atoms with Gasteiger partial charge in [0.1, 0.15) is 5.54 Å². The third-order valence-electron chi connectivity index (χ3n) is 7.32. The first-order chi connectivity index (χ1) is 16.1. The number of urea groups is 1. The number of Topliss-reactive ketones (excluding diaryl/α,β-unsaturated/α-hetero) is 1. The van der Waals surface area contributed by atoms with Gasteiger partial charge in [-0.05, 0) is 71.6 Å². The summed E-state index contributed by atoms with van der Waals surface area (Å²) in [5, 5.41) is 2.96. The van der Waals surface area contributed by atoms with E-state index in [0.29, 0.717) is 12.0 Å². The summed E-state index contributed by atoms with van der Waals surface area (Å²) in [5.41, 5.74) is 6.06. The summed E-state index contributed by atoms with van der Waals surface area (Å²) in [7, 11) is 0. The molecule has 3 aromatic rings. The Kier molecular flexibility index (Phi) is 4.47. The van der Waals surface area contributed by atoms with Crippen LogP contribution in [-0.2, 0) is 23.2 Å². The van der Waals surface area contributed by atoms with Crippen molar-refractivity contribution in [1.82, 2.24) is 10.2 Å². The molecule has 5 heteroatoms. The van der Waals surface area contributed by atoms with Gasteiger partial charge < -0.3 is 5.32 Å². The molecule has 1 unspecified atom stereocenters. The first kappa shape index (κ1) is 19.9. The third kappa shape index (κ3) is 3.03. The Morgan fingerprint density at radius 3 is 2.52 bits per heavy atom. The smallest absolute Gasteiger partial charge is 0.319 e. The van der Waals surface area contributed by atoms with E-state index in [2.05, 4.69) is 17.4 Å². The van der Waals surface area contributed by atoms with E-state index in [1.807, 2.05) is 54.6 Å². The number of amides is 3. The molecule has 1 fully saturated rings. The van der Waals surface area contributed by atoms with Crippen LogP contribution in [-0.4, -0.2) is 29.2 Å². The Labute approximate surface area is 192 Å². The second-order valence-corrected chi connectivity index (χ2v) is 9.22. The quantitative estimate of drug-likeness (QED) is 0.377. The molecule has 1 atom stereocenters. The minimum absolute atomic E-state index is 0.232. The predicted molar refractivity (Wildman–Crippen MR) is 125 cm³/mol. The van der Waals surface area contributed by atoms with E-state index < -0.39 is 11.6 Å². The van der Waals surface area contributed by atoms with Crippen molar-refractivity contribution < 1.29 is 14.4 Å². The number of carbonyl (C=O) groups excluding carboxylic acids is 3. The maximum Gasteiger partial charge on any atom is 0.325 e. The fraction of sp³-hybridized carbons (Fsp3) is 0.250. The molecule has 1 N–H and O–H groups in total. The van der Waals surface area contributed by atoms with Crippen molar-refractivity contribution in [3.05, 3.63) is 94.5 Å². The van der Waals surface area contributed by atoms with Crippen molar-refractivity contribution in [2.45, 2.75) is 37.6 Å². The number of aryl methyl sites for hydroxylation is 1. The van der Waals surface area contributed by atoms with E-state index in [4.69, 9.17) is 0 Å². The number of hydrogen-bond donors (Lipinski definition) is 1. The Bertz CT molecular complexity index is 1330. The zero-order valence-electron chi connectivity index (χ0n) is 18.3. The van der Waals surface area contributed by atoms with Crippen molar-refractivity contribution in [2.24, 2.45) is 0 Å². The van der Waals surface area contributed by atoms with Gasteiger partial charge in [-0.25, -0.2) is 4.79 Å². The summed E-state index contributed by atoms with van der Waals surface area (Å²) in [4.78, 5) is 40.9. The molecule has 3 aliphatic rings. The molecule has 1 spiro atoms. The van der Waals surface area contributed by atoms with E-state index in [1.165, 1.54) is 11.1 Å². The standard InChI is InChI=1S/C28H24N2O3/c31-25(21-13-12-20-15-19-9-1-3-10-22(19)23(20)16-21)17-30-26(32)28(29-27(30)33)14-6-5-8-18-7-2-4-11-24(18)28/h1-4,7,9-13,16H,5-6,8,14-15,17H2,(H,29,33). The number of nitrogens with one attached hydrogen (secondary N) is 1. The molecular formula is C28H24N2O3. The first-order valence-corrected chi connectivity index (χ1v) is 11.5. The van der Waals surface area contributed by atoms with Crippen LogP contribution in [0, 0.1) is 0 Å². The van der Waals surface area contributed by atoms with E-state index in [-0.39, 0.29) is 18.2 Å². The summed E-state index contributed by atoms with van der Waals surface area (Å²) >= 11 is 0. The SMILES string of the molecule is O=C(CN1C(=O)NC2(CCCCc3ccccc32)C1=O)c1ccc2c(c1)-c1ccccc1C2. The Balaban J connectivity index is 1.30. The minimum atomic E-state index is -1.07. The Hall–Kier alpha value is -3.73. The average Bonchev–Trinajstić information content (AvgIpc) is 3.24. The molecule has 3 aromatic carbocycles. The van der Waals surface area contributed by atoms with Crippen LogP contribution in [0.3, 0.4) is 0 Å². The number of benzene rings is 3. The van der Waals surface area contributed by atoms with Crippen LogP contribution in [0.5, 0.6) is 0 Å². The highest BCUT2D eigenvalue weighted by molar-refractivity contribution is 6.11. The molecule has 1 heterocycles. The zero-order valence-corrected chi connectivity index (χ0v) is 18.3. The van der Waals surface area contributed by atoms with Gasteiger partial charge >= 0.3 is 6.03 Å². The van der Waals surface area contributed by atoms with Gasteiger partial charge in [-0.2, -0.15) is 0 Å². The van der Waals surface area contributed by atoms with Gasteiger partial charge in [0.15, 0.2) is 5.78 Å². The monoisotopic (exact) mass is 436 g/mol. The number of rotatable bonds is 3. The number of carbonyl (C=O) groups is 3. The lowest BCUT2D eigenvalue weighted by Gasteiger charge is -2.27. The van der Waals surface area contributed by atoms with Gasteiger partial charge in [0.25, 0.3) is 5.91 Å². The lowest BCUT2D eigenvalue weighted by atomic mass is 9.84. The topological polar surface area (TPSA) is 66.5 Å². The second kappa shape index (κ2) is 7.41. The van der Waals surface area contributed by atoms with Crippen molar-refractivity contribution in [1.29, 1.82) is 0 Å². The van der Waals surface area contributed by atoms with Crippen molar-refractivity contribution in [3.63, 3.8) is 0 Å². The van der Waals surface area contributed by atoms with Crippen LogP contribution >= 0.6 is 0 Å². The summed E-state index contributed by atoms with van der Waals surface area (Å²) in [6.45, 7) is -0.255. The molecular weight excluding hydrogens is 412 g/mol. The fourth-order valence-corrected chi connectivity index (χ4v) is 5.65. The van der Waals surface area contributed by atoms with Crippen LogP contribution in [0.1, 0.15) is 51.9 Å². The number of hydrogen-bond acceptors (Lipinski definition) is 3. The van der Waals surface area contributed by atoms with E-state index in [1.54, 1.807) is 0 Å². The number of imide groups is 1. The van der Waals surface area contributed by atoms with E-state index in [0.717, 1.165) is 52.8 Å². The van der Waals surface area contributed by atoms with Crippen molar-refractivity contribution >= 4 is 17.7 Å².